The van der Waals surface area contributed by atoms with Crippen molar-refractivity contribution in [1.82, 2.24) is 4.98 Å². The number of thiazole rings is 1. The van der Waals surface area contributed by atoms with Gasteiger partial charge in [-0.2, -0.15) is 0 Å². The first-order chi connectivity index (χ1) is 7.25. The van der Waals surface area contributed by atoms with Gasteiger partial charge in [0.2, 0.25) is 0 Å². The van der Waals surface area contributed by atoms with E-state index in [9.17, 15) is 4.79 Å². The first kappa shape index (κ1) is 10.8. The summed E-state index contributed by atoms with van der Waals surface area (Å²) in [5.41, 5.74) is 1.80. The van der Waals surface area contributed by atoms with Crippen LogP contribution in [-0.4, -0.2) is 10.8 Å². The van der Waals surface area contributed by atoms with Gasteiger partial charge in [0.25, 0.3) is 0 Å². The molecule has 0 spiro atoms. The quantitative estimate of drug-likeness (QED) is 0.788. The van der Waals surface area contributed by atoms with Crippen molar-refractivity contribution in [3.63, 3.8) is 0 Å². The van der Waals surface area contributed by atoms with Crippen molar-refractivity contribution >= 4 is 17.1 Å². The van der Waals surface area contributed by atoms with E-state index in [2.05, 4.69) is 11.9 Å². The standard InChI is InChI=1S/C12H17NOS/c1-9-3-2-4-10(5-9)12(14)6-11-7-13-8-15-11/h7-10H,2-6H2,1H3. The monoisotopic (exact) mass is 223 g/mol. The van der Waals surface area contributed by atoms with E-state index in [1.807, 2.05) is 6.20 Å². The Bertz CT molecular complexity index is 320. The van der Waals surface area contributed by atoms with Gasteiger partial charge in [-0.1, -0.05) is 19.8 Å². The van der Waals surface area contributed by atoms with Crippen LogP contribution in [0.15, 0.2) is 11.7 Å². The van der Waals surface area contributed by atoms with Crippen LogP contribution in [0, 0.1) is 11.8 Å². The predicted molar refractivity (Wildman–Crippen MR) is 61.9 cm³/mol. The Morgan fingerprint density at radius 3 is 3.13 bits per heavy atom. The molecule has 3 heteroatoms. The van der Waals surface area contributed by atoms with Gasteiger partial charge in [0.1, 0.15) is 5.78 Å². The van der Waals surface area contributed by atoms with Crippen LogP contribution in [-0.2, 0) is 11.2 Å². The van der Waals surface area contributed by atoms with E-state index >= 15 is 0 Å². The lowest BCUT2D eigenvalue weighted by molar-refractivity contribution is -0.123. The molecule has 1 saturated carbocycles. The van der Waals surface area contributed by atoms with Gasteiger partial charge >= 0.3 is 0 Å². The topological polar surface area (TPSA) is 30.0 Å². The number of carbonyl (C=O) groups is 1. The van der Waals surface area contributed by atoms with Crippen molar-refractivity contribution in [2.45, 2.75) is 39.0 Å². The van der Waals surface area contributed by atoms with E-state index in [1.165, 1.54) is 12.8 Å². The van der Waals surface area contributed by atoms with Gasteiger partial charge in [-0.25, -0.2) is 0 Å². The largest absolute Gasteiger partial charge is 0.299 e. The minimum atomic E-state index is 0.316. The van der Waals surface area contributed by atoms with Crippen LogP contribution in [0.25, 0.3) is 0 Å². The highest BCUT2D eigenvalue weighted by Crippen LogP contribution is 2.30. The molecule has 1 aliphatic carbocycles. The summed E-state index contributed by atoms with van der Waals surface area (Å²) in [4.78, 5) is 17.1. The molecule has 2 atom stereocenters. The molecule has 0 aromatic carbocycles. The smallest absolute Gasteiger partial charge is 0.141 e. The summed E-state index contributed by atoms with van der Waals surface area (Å²) in [6.45, 7) is 2.26. The lowest BCUT2D eigenvalue weighted by Crippen LogP contribution is -2.22. The van der Waals surface area contributed by atoms with Crippen LogP contribution in [0.1, 0.15) is 37.5 Å². The Kier molecular flexibility index (Phi) is 3.52. The molecule has 1 heterocycles. The number of nitrogens with zero attached hydrogens (tertiary/aromatic N) is 1. The summed E-state index contributed by atoms with van der Waals surface area (Å²) in [7, 11) is 0. The molecule has 0 radical (unpaired) electrons. The summed E-state index contributed by atoms with van der Waals surface area (Å²) >= 11 is 1.58. The molecule has 0 N–H and O–H groups in total. The molecule has 15 heavy (non-hydrogen) atoms. The molecule has 0 saturated heterocycles. The molecule has 0 aliphatic heterocycles. The van der Waals surface area contributed by atoms with Gasteiger partial charge in [-0.05, 0) is 18.8 Å². The van der Waals surface area contributed by atoms with Crippen molar-refractivity contribution in [3.05, 3.63) is 16.6 Å². The average Bonchev–Trinajstić information content (AvgIpc) is 2.70. The average molecular weight is 223 g/mol. The summed E-state index contributed by atoms with van der Waals surface area (Å²) in [6.07, 6.45) is 7.13. The number of hydrogen-bond acceptors (Lipinski definition) is 3. The zero-order chi connectivity index (χ0) is 10.7. The molecule has 1 fully saturated rings. The Morgan fingerprint density at radius 2 is 2.47 bits per heavy atom. The van der Waals surface area contributed by atoms with Gasteiger partial charge in [0.15, 0.2) is 0 Å². The van der Waals surface area contributed by atoms with Gasteiger partial charge in [0, 0.05) is 23.4 Å². The maximum Gasteiger partial charge on any atom is 0.141 e. The Hall–Kier alpha value is -0.700. The summed E-state index contributed by atoms with van der Waals surface area (Å²) in [6, 6.07) is 0. The highest BCUT2D eigenvalue weighted by molar-refractivity contribution is 7.09. The third kappa shape index (κ3) is 2.88. The number of hydrogen-bond donors (Lipinski definition) is 0. The van der Waals surface area contributed by atoms with Crippen molar-refractivity contribution in [2.75, 3.05) is 0 Å². The highest BCUT2D eigenvalue weighted by Gasteiger charge is 2.24. The van der Waals surface area contributed by atoms with E-state index in [4.69, 9.17) is 0 Å². The fourth-order valence-electron chi connectivity index (χ4n) is 2.37. The third-order valence-electron chi connectivity index (χ3n) is 3.22. The van der Waals surface area contributed by atoms with Crippen LogP contribution < -0.4 is 0 Å². The second-order valence-corrected chi connectivity index (χ2v) is 5.55. The fourth-order valence-corrected chi connectivity index (χ4v) is 2.98. The molecule has 0 bridgehead atoms. The third-order valence-corrected chi connectivity index (χ3v) is 4.00. The van der Waals surface area contributed by atoms with Gasteiger partial charge in [0.05, 0.1) is 5.51 Å². The Labute approximate surface area is 94.7 Å². The molecule has 2 rings (SSSR count). The highest BCUT2D eigenvalue weighted by atomic mass is 32.1. The summed E-state index contributed by atoms with van der Waals surface area (Å²) < 4.78 is 0. The normalized spacial score (nSPS) is 26.5. The first-order valence-corrected chi connectivity index (χ1v) is 6.53. The van der Waals surface area contributed by atoms with Crippen molar-refractivity contribution < 1.29 is 4.79 Å². The van der Waals surface area contributed by atoms with Crippen molar-refractivity contribution in [1.29, 1.82) is 0 Å². The minimum absolute atomic E-state index is 0.316. The summed E-state index contributed by atoms with van der Waals surface area (Å²) in [5.74, 6) is 1.47. The second kappa shape index (κ2) is 4.88. The number of carbonyl (C=O) groups excluding carboxylic acids is 1. The molecule has 2 unspecified atom stereocenters. The second-order valence-electron chi connectivity index (χ2n) is 4.58. The molecule has 1 aromatic heterocycles. The maximum absolute atomic E-state index is 12.0. The molecule has 1 aliphatic rings. The molecule has 2 nitrogen and oxygen atoms in total. The Balaban J connectivity index is 1.90. The van der Waals surface area contributed by atoms with E-state index in [0.717, 1.165) is 23.6 Å². The molecule has 82 valence electrons. The maximum atomic E-state index is 12.0. The van der Waals surface area contributed by atoms with E-state index in [0.29, 0.717) is 18.1 Å². The summed E-state index contributed by atoms with van der Waals surface area (Å²) in [5, 5.41) is 0. The molecular weight excluding hydrogens is 206 g/mol. The zero-order valence-corrected chi connectivity index (χ0v) is 9.93. The van der Waals surface area contributed by atoms with Crippen LogP contribution in [0.5, 0.6) is 0 Å². The van der Waals surface area contributed by atoms with E-state index in [-0.39, 0.29) is 0 Å². The van der Waals surface area contributed by atoms with Crippen LogP contribution in [0.3, 0.4) is 0 Å². The molecule has 1 aromatic rings. The first-order valence-electron chi connectivity index (χ1n) is 5.66. The molecule has 0 amide bonds. The van der Waals surface area contributed by atoms with Crippen LogP contribution >= 0.6 is 11.3 Å². The number of ketones is 1. The number of Topliss-reactive ketones (excluding diaryl/α,β-unsaturated/α-hetero) is 1. The lowest BCUT2D eigenvalue weighted by Gasteiger charge is -2.25. The minimum Gasteiger partial charge on any atom is -0.299 e. The van der Waals surface area contributed by atoms with E-state index in [1.54, 1.807) is 16.8 Å². The lowest BCUT2D eigenvalue weighted by atomic mass is 9.79. The van der Waals surface area contributed by atoms with Crippen LogP contribution in [0.2, 0.25) is 0 Å². The van der Waals surface area contributed by atoms with Crippen LogP contribution in [0.4, 0.5) is 0 Å². The number of rotatable bonds is 3. The Morgan fingerprint density at radius 1 is 1.60 bits per heavy atom. The van der Waals surface area contributed by atoms with Gasteiger partial charge in [-0.15, -0.1) is 11.3 Å². The number of aromatic nitrogens is 1. The van der Waals surface area contributed by atoms with Gasteiger partial charge in [-0.3, -0.25) is 9.78 Å². The molecular formula is C12H17NOS. The fraction of sp³-hybridized carbons (Fsp3) is 0.667. The van der Waals surface area contributed by atoms with E-state index < -0.39 is 0 Å². The zero-order valence-electron chi connectivity index (χ0n) is 9.11. The van der Waals surface area contributed by atoms with Crippen molar-refractivity contribution in [3.8, 4) is 0 Å². The van der Waals surface area contributed by atoms with Gasteiger partial charge < -0.3 is 0 Å². The SMILES string of the molecule is CC1CCCC(C(=O)Cc2cncs2)C1. The predicted octanol–water partition coefficient (Wildman–Crippen LogP) is 3.08. The van der Waals surface area contributed by atoms with Crippen molar-refractivity contribution in [2.24, 2.45) is 11.8 Å².